The molecular weight excluding hydrogens is 333 g/mol. The number of halogens is 1. The molecule has 4 rings (SSSR count). The Morgan fingerprint density at radius 2 is 1.88 bits per heavy atom. The van der Waals surface area contributed by atoms with E-state index in [1.807, 2.05) is 0 Å². The van der Waals surface area contributed by atoms with E-state index in [4.69, 9.17) is 4.74 Å². The van der Waals surface area contributed by atoms with Crippen LogP contribution in [0.4, 0.5) is 4.39 Å². The van der Waals surface area contributed by atoms with Crippen LogP contribution in [0.1, 0.15) is 51.5 Å². The van der Waals surface area contributed by atoms with Crippen molar-refractivity contribution in [2.45, 2.75) is 63.1 Å². The third-order valence-corrected chi connectivity index (χ3v) is 6.62. The quantitative estimate of drug-likeness (QED) is 0.911. The van der Waals surface area contributed by atoms with E-state index in [1.165, 1.54) is 12.1 Å². The van der Waals surface area contributed by atoms with Gasteiger partial charge in [-0.3, -0.25) is 9.47 Å². The van der Waals surface area contributed by atoms with E-state index < -0.39 is 0 Å². The number of hydrogen-bond donors (Lipinski definition) is 1. The highest BCUT2D eigenvalue weighted by Gasteiger charge is 2.38. The van der Waals surface area contributed by atoms with Gasteiger partial charge in [-0.05, 0) is 63.6 Å². The number of piperidine rings is 1. The standard InChI is InChI=1S/C20H28FN3O2/c1-20(9-5-16(26-2)6-10-20)23-11-7-15(8-12-23)24-18-13-14(21)3-4-17(18)22-19(24)25/h3-4,13,15-16H,5-12H2,1-2H3,(H,22,25)/t16-,20-. The molecule has 0 amide bonds. The largest absolute Gasteiger partial charge is 0.381 e. The van der Waals surface area contributed by atoms with E-state index in [-0.39, 0.29) is 23.1 Å². The van der Waals surface area contributed by atoms with Crippen LogP contribution in [0, 0.1) is 5.82 Å². The third kappa shape index (κ3) is 3.09. The first-order chi connectivity index (χ1) is 12.5. The molecular formula is C20H28FN3O2. The molecule has 0 bridgehead atoms. The average Bonchev–Trinajstić information content (AvgIpc) is 2.97. The van der Waals surface area contributed by atoms with Crippen molar-refractivity contribution in [2.24, 2.45) is 0 Å². The number of rotatable bonds is 3. The van der Waals surface area contributed by atoms with Crippen molar-refractivity contribution in [1.29, 1.82) is 0 Å². The first-order valence-corrected chi connectivity index (χ1v) is 9.68. The molecule has 1 aliphatic heterocycles. The maximum atomic E-state index is 13.7. The number of likely N-dealkylation sites (tertiary alicyclic amines) is 1. The Bertz CT molecular complexity index is 827. The highest BCUT2D eigenvalue weighted by atomic mass is 19.1. The van der Waals surface area contributed by atoms with Crippen LogP contribution in [0.3, 0.4) is 0 Å². The van der Waals surface area contributed by atoms with Gasteiger partial charge in [0.05, 0.1) is 17.1 Å². The normalized spacial score (nSPS) is 28.7. The van der Waals surface area contributed by atoms with Crippen LogP contribution >= 0.6 is 0 Å². The van der Waals surface area contributed by atoms with E-state index >= 15 is 0 Å². The number of aromatic amines is 1. The number of imidazole rings is 1. The minimum atomic E-state index is -0.301. The molecule has 2 fully saturated rings. The number of benzene rings is 1. The van der Waals surface area contributed by atoms with Crippen LogP contribution < -0.4 is 5.69 Å². The first kappa shape index (κ1) is 17.7. The van der Waals surface area contributed by atoms with Crippen molar-refractivity contribution in [3.05, 3.63) is 34.5 Å². The summed E-state index contributed by atoms with van der Waals surface area (Å²) in [4.78, 5) is 17.9. The zero-order valence-corrected chi connectivity index (χ0v) is 15.6. The molecule has 1 saturated heterocycles. The zero-order valence-electron chi connectivity index (χ0n) is 15.6. The van der Waals surface area contributed by atoms with Crippen LogP contribution in [-0.2, 0) is 4.74 Å². The van der Waals surface area contributed by atoms with Crippen molar-refractivity contribution in [3.63, 3.8) is 0 Å². The van der Waals surface area contributed by atoms with E-state index in [1.54, 1.807) is 17.7 Å². The topological polar surface area (TPSA) is 50.3 Å². The number of hydrogen-bond acceptors (Lipinski definition) is 3. The summed E-state index contributed by atoms with van der Waals surface area (Å²) in [6, 6.07) is 4.63. The zero-order chi connectivity index (χ0) is 18.3. The summed E-state index contributed by atoms with van der Waals surface area (Å²) in [5, 5.41) is 0. The molecule has 2 heterocycles. The van der Waals surface area contributed by atoms with Crippen LogP contribution in [0.5, 0.6) is 0 Å². The van der Waals surface area contributed by atoms with Crippen molar-refractivity contribution >= 4 is 11.0 Å². The second kappa shape index (κ2) is 6.82. The highest BCUT2D eigenvalue weighted by molar-refractivity contribution is 5.75. The Morgan fingerprint density at radius 3 is 2.54 bits per heavy atom. The Hall–Kier alpha value is -1.66. The van der Waals surface area contributed by atoms with Gasteiger partial charge in [-0.15, -0.1) is 0 Å². The molecule has 0 unspecified atom stereocenters. The lowest BCUT2D eigenvalue weighted by atomic mass is 9.79. The molecule has 2 aliphatic rings. The first-order valence-electron chi connectivity index (χ1n) is 9.68. The number of ether oxygens (including phenoxy) is 1. The van der Waals surface area contributed by atoms with Gasteiger partial charge in [0.25, 0.3) is 0 Å². The van der Waals surface area contributed by atoms with E-state index in [0.29, 0.717) is 17.1 Å². The molecule has 0 atom stereocenters. The van der Waals surface area contributed by atoms with Crippen molar-refractivity contribution in [3.8, 4) is 0 Å². The van der Waals surface area contributed by atoms with Gasteiger partial charge in [0.15, 0.2) is 0 Å². The van der Waals surface area contributed by atoms with Gasteiger partial charge in [0, 0.05) is 31.8 Å². The summed E-state index contributed by atoms with van der Waals surface area (Å²) in [7, 11) is 1.81. The van der Waals surface area contributed by atoms with Crippen LogP contribution in [0.25, 0.3) is 11.0 Å². The van der Waals surface area contributed by atoms with E-state index in [9.17, 15) is 9.18 Å². The number of H-pyrrole nitrogens is 1. The van der Waals surface area contributed by atoms with Crippen molar-refractivity contribution < 1.29 is 9.13 Å². The molecule has 0 spiro atoms. The number of methoxy groups -OCH3 is 1. The molecule has 0 radical (unpaired) electrons. The van der Waals surface area contributed by atoms with E-state index in [2.05, 4.69) is 16.8 Å². The Kier molecular flexibility index (Phi) is 4.65. The molecule has 1 saturated carbocycles. The van der Waals surface area contributed by atoms with E-state index in [0.717, 1.165) is 51.6 Å². The van der Waals surface area contributed by atoms with Gasteiger partial charge >= 0.3 is 5.69 Å². The summed E-state index contributed by atoms with van der Waals surface area (Å²) in [6.07, 6.45) is 6.81. The molecule has 5 nitrogen and oxygen atoms in total. The lowest BCUT2D eigenvalue weighted by molar-refractivity contribution is -0.0146. The highest BCUT2D eigenvalue weighted by Crippen LogP contribution is 2.37. The molecule has 1 N–H and O–H groups in total. The fourth-order valence-corrected chi connectivity index (χ4v) is 4.89. The molecule has 142 valence electrons. The summed E-state index contributed by atoms with van der Waals surface area (Å²) in [6.45, 7) is 4.33. The molecule has 2 aromatic rings. The fourth-order valence-electron chi connectivity index (χ4n) is 4.89. The molecule has 6 heteroatoms. The van der Waals surface area contributed by atoms with Crippen LogP contribution in [0.15, 0.2) is 23.0 Å². The van der Waals surface area contributed by atoms with Gasteiger partial charge in [-0.1, -0.05) is 0 Å². The van der Waals surface area contributed by atoms with Crippen LogP contribution in [-0.4, -0.2) is 46.3 Å². The number of nitrogens with zero attached hydrogens (tertiary/aromatic N) is 2. The molecule has 1 aromatic carbocycles. The summed E-state index contributed by atoms with van der Waals surface area (Å²) in [5.74, 6) is -0.301. The molecule has 1 aliphatic carbocycles. The summed E-state index contributed by atoms with van der Waals surface area (Å²) >= 11 is 0. The van der Waals surface area contributed by atoms with Gasteiger partial charge < -0.3 is 9.72 Å². The van der Waals surface area contributed by atoms with Gasteiger partial charge in [0.1, 0.15) is 5.82 Å². The maximum absolute atomic E-state index is 13.7. The maximum Gasteiger partial charge on any atom is 0.326 e. The minimum absolute atomic E-state index is 0.129. The predicted molar refractivity (Wildman–Crippen MR) is 100 cm³/mol. The Balaban J connectivity index is 1.48. The summed E-state index contributed by atoms with van der Waals surface area (Å²) < 4.78 is 20.9. The lowest BCUT2D eigenvalue weighted by Gasteiger charge is -2.48. The third-order valence-electron chi connectivity index (χ3n) is 6.62. The monoisotopic (exact) mass is 361 g/mol. The minimum Gasteiger partial charge on any atom is -0.381 e. The SMILES string of the molecule is CO[C@H]1CC[C@](C)(N2CCC(n3c(=O)[nH]c4ccc(F)cc43)CC2)CC1. The van der Waals surface area contributed by atoms with Crippen LogP contribution in [0.2, 0.25) is 0 Å². The smallest absolute Gasteiger partial charge is 0.326 e. The van der Waals surface area contributed by atoms with Crippen molar-refractivity contribution in [2.75, 3.05) is 20.2 Å². The molecule has 1 aromatic heterocycles. The fraction of sp³-hybridized carbons (Fsp3) is 0.650. The van der Waals surface area contributed by atoms with Gasteiger partial charge in [-0.25, -0.2) is 9.18 Å². The molecule has 26 heavy (non-hydrogen) atoms. The van der Waals surface area contributed by atoms with Gasteiger partial charge in [0.2, 0.25) is 0 Å². The second-order valence-corrected chi connectivity index (χ2v) is 8.11. The number of nitrogens with one attached hydrogen (secondary N) is 1. The lowest BCUT2D eigenvalue weighted by Crippen LogP contribution is -2.52. The second-order valence-electron chi connectivity index (χ2n) is 8.11. The number of fused-ring (bicyclic) bond motifs is 1. The Labute approximate surface area is 153 Å². The van der Waals surface area contributed by atoms with Crippen molar-refractivity contribution in [1.82, 2.24) is 14.5 Å². The predicted octanol–water partition coefficient (Wildman–Crippen LogP) is 3.45. The number of aromatic nitrogens is 2. The average molecular weight is 361 g/mol. The van der Waals surface area contributed by atoms with Gasteiger partial charge in [-0.2, -0.15) is 0 Å². The summed E-state index contributed by atoms with van der Waals surface area (Å²) in [5.41, 5.74) is 1.50. The Morgan fingerprint density at radius 1 is 1.19 bits per heavy atom.